The maximum Gasteiger partial charge on any atom is 0.321 e. The first-order valence-corrected chi connectivity index (χ1v) is 2.24. The van der Waals surface area contributed by atoms with Gasteiger partial charge in [-0.2, -0.15) is 0 Å². The third-order valence-corrected chi connectivity index (χ3v) is 0.712. The summed E-state index contributed by atoms with van der Waals surface area (Å²) in [5.74, 6) is -2.50. The molecule has 0 fully saturated rings. The van der Waals surface area contributed by atoms with E-state index in [-0.39, 0.29) is 17.4 Å². The van der Waals surface area contributed by atoms with E-state index < -0.39 is 24.4 Å². The van der Waals surface area contributed by atoms with Crippen LogP contribution in [0.25, 0.3) is 0 Å². The van der Waals surface area contributed by atoms with Crippen LogP contribution in [-0.4, -0.2) is 28.2 Å². The number of hydrogen-bond donors (Lipinski definition) is 3. The molecule has 0 radical (unpaired) electrons. The summed E-state index contributed by atoms with van der Waals surface area (Å²) in [6, 6.07) is -1.29. The molecule has 0 aromatic rings. The van der Waals surface area contributed by atoms with Gasteiger partial charge in [-0.1, -0.05) is 0 Å². The molecule has 0 amide bonds. The summed E-state index contributed by atoms with van der Waals surface area (Å²) in [6.07, 6.45) is -0.532. The van der Waals surface area contributed by atoms with E-state index in [0.29, 0.717) is 0 Å². The number of carbonyl (C=O) groups is 2. The van der Waals surface area contributed by atoms with Crippen molar-refractivity contribution < 1.29 is 37.2 Å². The van der Waals surface area contributed by atoms with Gasteiger partial charge in [0.05, 0.1) is 6.42 Å². The molecule has 0 aromatic carbocycles. The van der Waals surface area contributed by atoms with Gasteiger partial charge < -0.3 is 15.9 Å². The van der Waals surface area contributed by atoms with Crippen LogP contribution in [0, 0.1) is 0 Å². The Morgan fingerprint density at radius 1 is 1.40 bits per heavy atom. The van der Waals surface area contributed by atoms with Crippen molar-refractivity contribution in [2.75, 3.05) is 0 Å². The van der Waals surface area contributed by atoms with Gasteiger partial charge in [0.25, 0.3) is 0 Å². The van der Waals surface area contributed by atoms with E-state index in [4.69, 9.17) is 15.9 Å². The van der Waals surface area contributed by atoms with E-state index in [9.17, 15) is 9.59 Å². The molecule has 5 nitrogen and oxygen atoms in total. The second-order valence-electron chi connectivity index (χ2n) is 1.54. The minimum atomic E-state index is -1.29. The monoisotopic (exact) mass is 185 g/mol. The summed E-state index contributed by atoms with van der Waals surface area (Å²) in [4.78, 5) is 19.6. The third-order valence-electron chi connectivity index (χ3n) is 0.712. The second kappa shape index (κ2) is 5.24. The fraction of sp³-hybridized carbons (Fsp3) is 0.500. The van der Waals surface area contributed by atoms with Gasteiger partial charge in [-0.25, -0.2) is 0 Å². The van der Waals surface area contributed by atoms with Crippen molar-refractivity contribution in [2.24, 2.45) is 5.73 Å². The Morgan fingerprint density at radius 2 is 1.80 bits per heavy atom. The summed E-state index contributed by atoms with van der Waals surface area (Å²) in [5, 5.41) is 16.0. The molecule has 0 aliphatic heterocycles. The first-order chi connectivity index (χ1) is 4.04. The molecule has 0 saturated carbocycles. The zero-order chi connectivity index (χ0) is 7.44. The van der Waals surface area contributed by atoms with Crippen molar-refractivity contribution in [3.8, 4) is 0 Å². The molecular formula is C4H7CrNO4. The minimum absolute atomic E-state index is 0. The molecule has 0 rings (SSSR count). The molecule has 0 aliphatic rings. The quantitative estimate of drug-likeness (QED) is 0.516. The molecule has 1 atom stereocenters. The Balaban J connectivity index is 0. The summed E-state index contributed by atoms with van der Waals surface area (Å²) in [5.41, 5.74) is 4.84. The van der Waals surface area contributed by atoms with Crippen LogP contribution in [0.2, 0.25) is 0 Å². The molecular weight excluding hydrogens is 178 g/mol. The molecule has 0 aliphatic carbocycles. The Kier molecular flexibility index (Phi) is 6.36. The maximum atomic E-state index is 9.85. The van der Waals surface area contributed by atoms with Crippen molar-refractivity contribution in [3.63, 3.8) is 0 Å². The first kappa shape index (κ1) is 12.1. The van der Waals surface area contributed by atoms with Gasteiger partial charge in [-0.15, -0.1) is 0 Å². The average Bonchev–Trinajstić information content (AvgIpc) is 1.63. The summed E-state index contributed by atoms with van der Waals surface area (Å²) < 4.78 is 0. The molecule has 10 heavy (non-hydrogen) atoms. The van der Waals surface area contributed by atoms with Gasteiger partial charge in [0.2, 0.25) is 0 Å². The average molecular weight is 185 g/mol. The van der Waals surface area contributed by atoms with Crippen molar-refractivity contribution in [3.05, 3.63) is 0 Å². The maximum absolute atomic E-state index is 9.85. The summed E-state index contributed by atoms with van der Waals surface area (Å²) >= 11 is 0. The molecule has 6 heteroatoms. The van der Waals surface area contributed by atoms with Crippen LogP contribution >= 0.6 is 0 Å². The van der Waals surface area contributed by atoms with Crippen molar-refractivity contribution >= 4 is 11.9 Å². The number of nitrogens with two attached hydrogens (primary N) is 1. The van der Waals surface area contributed by atoms with E-state index in [2.05, 4.69) is 0 Å². The van der Waals surface area contributed by atoms with E-state index in [1.807, 2.05) is 0 Å². The SMILES string of the molecule is NC(CC(=O)O)C(=O)O.[Cr]. The molecule has 0 aromatic heterocycles. The number of aliphatic carboxylic acids is 2. The normalized spacial score (nSPS) is 11.3. The van der Waals surface area contributed by atoms with E-state index in [1.165, 1.54) is 0 Å². The van der Waals surface area contributed by atoms with Gasteiger partial charge in [0.1, 0.15) is 6.04 Å². The Morgan fingerprint density at radius 3 is 1.90 bits per heavy atom. The Hall–Kier alpha value is -0.568. The van der Waals surface area contributed by atoms with Gasteiger partial charge in [-0.05, 0) is 0 Å². The summed E-state index contributed by atoms with van der Waals surface area (Å²) in [6.45, 7) is 0. The predicted octanol–water partition coefficient (Wildman–Crippen LogP) is -1.13. The summed E-state index contributed by atoms with van der Waals surface area (Å²) in [7, 11) is 0. The number of carboxylic acids is 2. The van der Waals surface area contributed by atoms with E-state index >= 15 is 0 Å². The fourth-order valence-electron chi connectivity index (χ4n) is 0.275. The van der Waals surface area contributed by atoms with Crippen LogP contribution in [0.5, 0.6) is 0 Å². The van der Waals surface area contributed by atoms with Crippen molar-refractivity contribution in [1.29, 1.82) is 0 Å². The Bertz CT molecular complexity index is 137. The third kappa shape index (κ3) is 5.57. The standard InChI is InChI=1S/C4H7NO4.Cr/c5-2(4(8)9)1-3(6)7;/h2H,1,5H2,(H,6,7)(H,8,9);. The van der Waals surface area contributed by atoms with E-state index in [0.717, 1.165) is 0 Å². The van der Waals surface area contributed by atoms with Crippen LogP contribution in [0.15, 0.2) is 0 Å². The van der Waals surface area contributed by atoms with Crippen molar-refractivity contribution in [1.82, 2.24) is 0 Å². The molecule has 4 N–H and O–H groups in total. The molecule has 1 unspecified atom stereocenters. The fourth-order valence-corrected chi connectivity index (χ4v) is 0.275. The smallest absolute Gasteiger partial charge is 0.321 e. The van der Waals surface area contributed by atoms with Crippen LogP contribution in [0.4, 0.5) is 0 Å². The van der Waals surface area contributed by atoms with Gasteiger partial charge >= 0.3 is 11.9 Å². The van der Waals surface area contributed by atoms with Gasteiger partial charge in [0.15, 0.2) is 0 Å². The topological polar surface area (TPSA) is 101 Å². The zero-order valence-corrected chi connectivity index (χ0v) is 6.26. The van der Waals surface area contributed by atoms with Crippen LogP contribution in [0.3, 0.4) is 0 Å². The van der Waals surface area contributed by atoms with Crippen LogP contribution in [0.1, 0.15) is 6.42 Å². The first-order valence-electron chi connectivity index (χ1n) is 2.24. The van der Waals surface area contributed by atoms with Gasteiger partial charge in [-0.3, -0.25) is 9.59 Å². The molecule has 0 saturated heterocycles. The molecule has 0 heterocycles. The predicted molar refractivity (Wildman–Crippen MR) is 27.9 cm³/mol. The molecule has 58 valence electrons. The van der Waals surface area contributed by atoms with Gasteiger partial charge in [0, 0.05) is 17.4 Å². The molecule has 0 bridgehead atoms. The van der Waals surface area contributed by atoms with E-state index in [1.54, 1.807) is 0 Å². The zero-order valence-electron chi connectivity index (χ0n) is 4.98. The minimum Gasteiger partial charge on any atom is -0.481 e. The number of carboxylic acid groups (broad SMARTS) is 2. The molecule has 0 spiro atoms. The second-order valence-corrected chi connectivity index (χ2v) is 1.54. The largest absolute Gasteiger partial charge is 0.481 e. The number of hydrogen-bond acceptors (Lipinski definition) is 3. The number of rotatable bonds is 3. The van der Waals surface area contributed by atoms with Crippen LogP contribution in [-0.2, 0) is 27.0 Å². The van der Waals surface area contributed by atoms with Crippen molar-refractivity contribution in [2.45, 2.75) is 12.5 Å². The van der Waals surface area contributed by atoms with Crippen LogP contribution < -0.4 is 5.73 Å². The Labute approximate surface area is 68.0 Å².